The molecule has 0 unspecified atom stereocenters. The molecule has 4 N–H and O–H groups in total. The number of rotatable bonds is 1. The predicted octanol–water partition coefficient (Wildman–Crippen LogP) is 0.402. The Hall–Kier alpha value is -0.700. The van der Waals surface area contributed by atoms with Crippen LogP contribution in [0.25, 0.3) is 0 Å². The highest BCUT2D eigenvalue weighted by Gasteiger charge is 1.98. The van der Waals surface area contributed by atoms with Crippen LogP contribution in [0.15, 0.2) is 15.7 Å². The van der Waals surface area contributed by atoms with Crippen LogP contribution < -0.4 is 11.5 Å². The summed E-state index contributed by atoms with van der Waals surface area (Å²) in [5, 5.41) is 0.331. The van der Waals surface area contributed by atoms with Crippen LogP contribution in [-0.2, 0) is 0 Å². The van der Waals surface area contributed by atoms with Gasteiger partial charge in [0.1, 0.15) is 10.9 Å². The molecule has 0 bridgehead atoms. The van der Waals surface area contributed by atoms with Crippen LogP contribution in [-0.4, -0.2) is 12.9 Å². The highest BCUT2D eigenvalue weighted by atomic mass is 35.5. The van der Waals surface area contributed by atoms with Gasteiger partial charge in [0.2, 0.25) is 0 Å². The summed E-state index contributed by atoms with van der Waals surface area (Å²) in [6.07, 6.45) is 0. The number of halogens is 1. The van der Waals surface area contributed by atoms with Crippen LogP contribution in [0.1, 0.15) is 6.92 Å². The third-order valence-electron chi connectivity index (χ3n) is 0.812. The average Bonchev–Trinajstić information content (AvgIpc) is 1.84. The first-order valence-electron chi connectivity index (χ1n) is 2.44. The van der Waals surface area contributed by atoms with Crippen LogP contribution >= 0.6 is 11.6 Å². The van der Waals surface area contributed by atoms with E-state index in [0.29, 0.717) is 10.7 Å². The van der Waals surface area contributed by atoms with Gasteiger partial charge < -0.3 is 11.5 Å². The Labute approximate surface area is 59.4 Å². The second kappa shape index (κ2) is 3.35. The largest absolute Gasteiger partial charge is 0.401 e. The lowest BCUT2D eigenvalue weighted by Gasteiger charge is -1.97. The van der Waals surface area contributed by atoms with Crippen molar-refractivity contribution in [3.05, 3.63) is 10.7 Å². The van der Waals surface area contributed by atoms with E-state index in [0.717, 1.165) is 0 Å². The first kappa shape index (κ1) is 8.30. The molecule has 0 amide bonds. The third kappa shape index (κ3) is 2.37. The molecule has 0 aromatic carbocycles. The van der Waals surface area contributed by atoms with E-state index < -0.39 is 0 Å². The molecule has 0 spiro atoms. The molecule has 0 aliphatic heterocycles. The topological polar surface area (TPSA) is 64.4 Å². The second-order valence-corrected chi connectivity index (χ2v) is 1.98. The summed E-state index contributed by atoms with van der Waals surface area (Å²) in [6.45, 7) is 1.67. The minimum atomic E-state index is 0.275. The molecule has 0 fully saturated rings. The highest BCUT2D eigenvalue weighted by molar-refractivity contribution is 6.43. The van der Waals surface area contributed by atoms with Crippen LogP contribution in [0.5, 0.6) is 0 Å². The Bertz CT molecular complexity index is 156. The minimum Gasteiger partial charge on any atom is -0.401 e. The van der Waals surface area contributed by atoms with Crippen molar-refractivity contribution < 1.29 is 0 Å². The van der Waals surface area contributed by atoms with E-state index in [-0.39, 0.29) is 5.84 Å². The number of hydrogen-bond acceptors (Lipinski definition) is 2. The average molecular weight is 148 g/mol. The van der Waals surface area contributed by atoms with Gasteiger partial charge >= 0.3 is 0 Å². The zero-order chi connectivity index (χ0) is 7.44. The van der Waals surface area contributed by atoms with Crippen LogP contribution in [0.4, 0.5) is 0 Å². The van der Waals surface area contributed by atoms with E-state index >= 15 is 0 Å². The van der Waals surface area contributed by atoms with Crippen molar-refractivity contribution in [1.29, 1.82) is 0 Å². The summed E-state index contributed by atoms with van der Waals surface area (Å²) < 4.78 is 0. The van der Waals surface area contributed by atoms with E-state index in [9.17, 15) is 0 Å². The molecule has 0 aliphatic carbocycles. The molecule has 0 aromatic heterocycles. The maximum Gasteiger partial charge on any atom is 0.138 e. The summed E-state index contributed by atoms with van der Waals surface area (Å²) in [5.74, 6) is 0.275. The number of amidine groups is 1. The first-order valence-corrected chi connectivity index (χ1v) is 2.82. The lowest BCUT2D eigenvalue weighted by atomic mass is 10.4. The van der Waals surface area contributed by atoms with Gasteiger partial charge in [-0.15, -0.1) is 0 Å². The molecular weight excluding hydrogens is 138 g/mol. The number of allylic oxidation sites excluding steroid dienone is 1. The van der Waals surface area contributed by atoms with Gasteiger partial charge in [0.05, 0.1) is 0 Å². The van der Waals surface area contributed by atoms with Gasteiger partial charge in [0.15, 0.2) is 0 Å². The molecule has 0 heterocycles. The predicted molar refractivity (Wildman–Crippen MR) is 40.3 cm³/mol. The summed E-state index contributed by atoms with van der Waals surface area (Å²) in [4.78, 5) is 3.63. The Morgan fingerprint density at radius 3 is 2.00 bits per heavy atom. The number of aliphatic imine (C=N–C) groups is 1. The summed E-state index contributed by atoms with van der Waals surface area (Å²) >= 11 is 5.57. The number of nitrogens with two attached hydrogens (primary N) is 2. The Kier molecular flexibility index (Phi) is 3.09. The standard InChI is InChI=1S/C5H10ClN3/c1-3(7)4(6)5(8)9-2/h7H2,1-2H3,(H2,8,9). The zero-order valence-electron chi connectivity index (χ0n) is 5.48. The molecule has 3 nitrogen and oxygen atoms in total. The van der Waals surface area contributed by atoms with Crippen molar-refractivity contribution in [2.75, 3.05) is 7.05 Å². The molecule has 0 radical (unpaired) electrons. The molecular formula is C5H10ClN3. The van der Waals surface area contributed by atoms with Crippen molar-refractivity contribution >= 4 is 17.4 Å². The molecule has 0 saturated carbocycles. The summed E-state index contributed by atoms with van der Waals surface area (Å²) in [6, 6.07) is 0. The molecule has 9 heavy (non-hydrogen) atoms. The number of hydrogen-bond donors (Lipinski definition) is 2. The van der Waals surface area contributed by atoms with Gasteiger partial charge in [-0.05, 0) is 6.92 Å². The van der Waals surface area contributed by atoms with Crippen molar-refractivity contribution in [2.24, 2.45) is 16.5 Å². The van der Waals surface area contributed by atoms with Crippen molar-refractivity contribution in [3.8, 4) is 0 Å². The van der Waals surface area contributed by atoms with Crippen molar-refractivity contribution in [2.45, 2.75) is 6.92 Å². The van der Waals surface area contributed by atoms with Gasteiger partial charge in [-0.2, -0.15) is 0 Å². The Morgan fingerprint density at radius 1 is 1.44 bits per heavy atom. The lowest BCUT2D eigenvalue weighted by Crippen LogP contribution is -2.14. The molecule has 0 aromatic rings. The smallest absolute Gasteiger partial charge is 0.138 e. The van der Waals surface area contributed by atoms with Crippen molar-refractivity contribution in [3.63, 3.8) is 0 Å². The Balaban J connectivity index is 4.40. The maximum atomic E-state index is 5.57. The van der Waals surface area contributed by atoms with Gasteiger partial charge in [0, 0.05) is 12.7 Å². The molecule has 0 saturated heterocycles. The van der Waals surface area contributed by atoms with E-state index in [2.05, 4.69) is 4.99 Å². The monoisotopic (exact) mass is 147 g/mol. The molecule has 4 heteroatoms. The van der Waals surface area contributed by atoms with E-state index in [1.54, 1.807) is 14.0 Å². The fourth-order valence-corrected chi connectivity index (χ4v) is 0.385. The molecule has 0 atom stereocenters. The van der Waals surface area contributed by atoms with E-state index in [1.807, 2.05) is 0 Å². The minimum absolute atomic E-state index is 0.275. The SMILES string of the molecule is CN=C(N)C(Cl)=C(C)N. The zero-order valence-corrected chi connectivity index (χ0v) is 6.24. The first-order chi connectivity index (χ1) is 4.09. The highest BCUT2D eigenvalue weighted by Crippen LogP contribution is 2.03. The fourth-order valence-electron chi connectivity index (χ4n) is 0.300. The lowest BCUT2D eigenvalue weighted by molar-refractivity contribution is 1.29. The van der Waals surface area contributed by atoms with E-state index in [4.69, 9.17) is 23.1 Å². The number of nitrogens with zero attached hydrogens (tertiary/aromatic N) is 1. The molecule has 0 rings (SSSR count). The fraction of sp³-hybridized carbons (Fsp3) is 0.400. The summed E-state index contributed by atoms with van der Waals surface area (Å²) in [5.41, 5.74) is 11.1. The quantitative estimate of drug-likeness (QED) is 0.417. The summed E-state index contributed by atoms with van der Waals surface area (Å²) in [7, 11) is 1.56. The third-order valence-corrected chi connectivity index (χ3v) is 1.30. The second-order valence-electron chi connectivity index (χ2n) is 1.61. The Morgan fingerprint density at radius 2 is 1.89 bits per heavy atom. The van der Waals surface area contributed by atoms with Gasteiger partial charge in [-0.1, -0.05) is 11.6 Å². The normalized spacial score (nSPS) is 15.2. The van der Waals surface area contributed by atoms with Gasteiger partial charge in [0.25, 0.3) is 0 Å². The molecule has 0 aliphatic rings. The maximum absolute atomic E-state index is 5.57. The molecule has 52 valence electrons. The van der Waals surface area contributed by atoms with Crippen LogP contribution in [0.2, 0.25) is 0 Å². The van der Waals surface area contributed by atoms with Gasteiger partial charge in [-0.3, -0.25) is 4.99 Å². The van der Waals surface area contributed by atoms with Gasteiger partial charge in [-0.25, -0.2) is 0 Å². The van der Waals surface area contributed by atoms with Crippen molar-refractivity contribution in [1.82, 2.24) is 0 Å². The van der Waals surface area contributed by atoms with E-state index in [1.165, 1.54) is 0 Å². The van der Waals surface area contributed by atoms with Crippen LogP contribution in [0, 0.1) is 0 Å². The van der Waals surface area contributed by atoms with Crippen LogP contribution in [0.3, 0.4) is 0 Å².